The highest BCUT2D eigenvalue weighted by atomic mass is 14.7. The molecule has 18 heavy (non-hydrogen) atoms. The molecule has 0 atom stereocenters. The third kappa shape index (κ3) is 6.78. The van der Waals surface area contributed by atoms with Crippen molar-refractivity contribution in [2.24, 2.45) is 0 Å². The lowest BCUT2D eigenvalue weighted by atomic mass is 10.0. The van der Waals surface area contributed by atoms with E-state index in [9.17, 15) is 0 Å². The van der Waals surface area contributed by atoms with Crippen molar-refractivity contribution in [2.75, 3.05) is 0 Å². The number of hydrogen-bond donors (Lipinski definition) is 0. The van der Waals surface area contributed by atoms with Crippen molar-refractivity contribution in [3.8, 4) is 0 Å². The lowest BCUT2D eigenvalue weighted by Gasteiger charge is -2.03. The van der Waals surface area contributed by atoms with Gasteiger partial charge in [-0.2, -0.15) is 0 Å². The number of unbranched alkanes of at least 4 members (excludes halogenated alkanes) is 7. The Morgan fingerprint density at radius 1 is 0.833 bits per heavy atom. The van der Waals surface area contributed by atoms with Crippen LogP contribution in [0.2, 0.25) is 0 Å². The SMILES string of the molecule is CCCCCCCCCCc1ccc(CC)nc1. The Labute approximate surface area is 113 Å². The standard InChI is InChI=1S/C17H29N/c1-3-5-6-7-8-9-10-11-12-16-13-14-17(4-2)18-15-16/h13-15H,3-12H2,1-2H3. The lowest BCUT2D eigenvalue weighted by molar-refractivity contribution is 0.575. The molecular formula is C17H29N. The van der Waals surface area contributed by atoms with Gasteiger partial charge < -0.3 is 0 Å². The van der Waals surface area contributed by atoms with Gasteiger partial charge >= 0.3 is 0 Å². The van der Waals surface area contributed by atoms with E-state index in [-0.39, 0.29) is 0 Å². The molecular weight excluding hydrogens is 218 g/mol. The predicted octanol–water partition coefficient (Wildman–Crippen LogP) is 5.33. The Morgan fingerprint density at radius 3 is 2.06 bits per heavy atom. The molecule has 1 nitrogen and oxygen atoms in total. The molecule has 102 valence electrons. The Bertz CT molecular complexity index is 289. The third-order valence-electron chi connectivity index (χ3n) is 3.57. The number of aromatic nitrogens is 1. The number of nitrogens with zero attached hydrogens (tertiary/aromatic N) is 1. The van der Waals surface area contributed by atoms with E-state index in [1.807, 2.05) is 0 Å². The van der Waals surface area contributed by atoms with E-state index in [0.717, 1.165) is 6.42 Å². The molecule has 0 radical (unpaired) electrons. The molecule has 1 aromatic heterocycles. The first-order valence-electron chi connectivity index (χ1n) is 7.80. The number of rotatable bonds is 10. The molecule has 0 aromatic carbocycles. The zero-order chi connectivity index (χ0) is 13.1. The van der Waals surface area contributed by atoms with Gasteiger partial charge in [-0.3, -0.25) is 4.98 Å². The smallest absolute Gasteiger partial charge is 0.0401 e. The summed E-state index contributed by atoms with van der Waals surface area (Å²) < 4.78 is 0. The van der Waals surface area contributed by atoms with Crippen LogP contribution in [0.1, 0.15) is 76.5 Å². The summed E-state index contributed by atoms with van der Waals surface area (Å²) in [5.41, 5.74) is 2.60. The molecule has 0 saturated carbocycles. The Morgan fingerprint density at radius 2 is 1.50 bits per heavy atom. The summed E-state index contributed by atoms with van der Waals surface area (Å²) in [5.74, 6) is 0. The van der Waals surface area contributed by atoms with Crippen LogP contribution in [0.4, 0.5) is 0 Å². The van der Waals surface area contributed by atoms with E-state index in [1.54, 1.807) is 0 Å². The molecule has 1 rings (SSSR count). The maximum Gasteiger partial charge on any atom is 0.0401 e. The van der Waals surface area contributed by atoms with E-state index in [1.165, 1.54) is 69.0 Å². The molecule has 0 spiro atoms. The maximum absolute atomic E-state index is 4.45. The van der Waals surface area contributed by atoms with Crippen LogP contribution in [-0.4, -0.2) is 4.98 Å². The van der Waals surface area contributed by atoms with E-state index in [0.29, 0.717) is 0 Å². The zero-order valence-corrected chi connectivity index (χ0v) is 12.3. The summed E-state index contributed by atoms with van der Waals surface area (Å²) in [4.78, 5) is 4.45. The molecule has 1 heteroatoms. The van der Waals surface area contributed by atoms with E-state index in [4.69, 9.17) is 0 Å². The minimum Gasteiger partial charge on any atom is -0.261 e. The van der Waals surface area contributed by atoms with Gasteiger partial charge in [0.25, 0.3) is 0 Å². The van der Waals surface area contributed by atoms with Gasteiger partial charge in [-0.15, -0.1) is 0 Å². The minimum absolute atomic E-state index is 1.04. The molecule has 1 heterocycles. The molecule has 0 aliphatic carbocycles. The van der Waals surface area contributed by atoms with Crippen molar-refractivity contribution in [2.45, 2.75) is 78.1 Å². The van der Waals surface area contributed by atoms with Crippen LogP contribution in [0.3, 0.4) is 0 Å². The number of pyridine rings is 1. The van der Waals surface area contributed by atoms with Crippen molar-refractivity contribution in [3.05, 3.63) is 29.6 Å². The van der Waals surface area contributed by atoms with Crippen molar-refractivity contribution in [1.29, 1.82) is 0 Å². The van der Waals surface area contributed by atoms with Crippen LogP contribution in [0, 0.1) is 0 Å². The summed E-state index contributed by atoms with van der Waals surface area (Å²) in [6, 6.07) is 4.41. The van der Waals surface area contributed by atoms with Crippen molar-refractivity contribution in [3.63, 3.8) is 0 Å². The molecule has 0 bridgehead atoms. The average molecular weight is 247 g/mol. The van der Waals surface area contributed by atoms with Crippen LogP contribution in [0.15, 0.2) is 18.3 Å². The fraction of sp³-hybridized carbons (Fsp3) is 0.706. The Balaban J connectivity index is 2.00. The van der Waals surface area contributed by atoms with E-state index < -0.39 is 0 Å². The topological polar surface area (TPSA) is 12.9 Å². The molecule has 0 N–H and O–H groups in total. The normalized spacial score (nSPS) is 10.8. The highest BCUT2D eigenvalue weighted by Gasteiger charge is 1.96. The van der Waals surface area contributed by atoms with Crippen molar-refractivity contribution < 1.29 is 0 Å². The summed E-state index contributed by atoms with van der Waals surface area (Å²) in [7, 11) is 0. The van der Waals surface area contributed by atoms with Gasteiger partial charge in [-0.1, -0.05) is 64.9 Å². The van der Waals surface area contributed by atoms with Crippen LogP contribution in [0.5, 0.6) is 0 Å². The molecule has 0 unspecified atom stereocenters. The monoisotopic (exact) mass is 247 g/mol. The molecule has 1 aromatic rings. The fourth-order valence-corrected chi connectivity index (χ4v) is 2.28. The zero-order valence-electron chi connectivity index (χ0n) is 12.3. The van der Waals surface area contributed by atoms with Gasteiger partial charge in [0.05, 0.1) is 0 Å². The summed E-state index contributed by atoms with van der Waals surface area (Å²) in [6.07, 6.45) is 15.4. The molecule has 0 aliphatic heterocycles. The molecule has 0 fully saturated rings. The van der Waals surface area contributed by atoms with Gasteiger partial charge in [0.1, 0.15) is 0 Å². The van der Waals surface area contributed by atoms with Gasteiger partial charge in [0, 0.05) is 11.9 Å². The second kappa shape index (κ2) is 10.1. The van der Waals surface area contributed by atoms with Crippen LogP contribution in [-0.2, 0) is 12.8 Å². The summed E-state index contributed by atoms with van der Waals surface area (Å²) >= 11 is 0. The van der Waals surface area contributed by atoms with Crippen LogP contribution in [0.25, 0.3) is 0 Å². The van der Waals surface area contributed by atoms with Crippen LogP contribution >= 0.6 is 0 Å². The molecule has 0 aliphatic rings. The summed E-state index contributed by atoms with van der Waals surface area (Å²) in [5, 5.41) is 0. The van der Waals surface area contributed by atoms with E-state index >= 15 is 0 Å². The first-order chi connectivity index (χ1) is 8.86. The molecule has 0 saturated heterocycles. The Hall–Kier alpha value is -0.850. The number of aryl methyl sites for hydroxylation is 2. The first kappa shape index (κ1) is 15.2. The predicted molar refractivity (Wildman–Crippen MR) is 79.9 cm³/mol. The van der Waals surface area contributed by atoms with E-state index in [2.05, 4.69) is 37.2 Å². The van der Waals surface area contributed by atoms with Gasteiger partial charge in [0.2, 0.25) is 0 Å². The van der Waals surface area contributed by atoms with Crippen molar-refractivity contribution in [1.82, 2.24) is 4.98 Å². The first-order valence-corrected chi connectivity index (χ1v) is 7.80. The van der Waals surface area contributed by atoms with Gasteiger partial charge in [-0.25, -0.2) is 0 Å². The van der Waals surface area contributed by atoms with Gasteiger partial charge in [0.15, 0.2) is 0 Å². The highest BCUT2D eigenvalue weighted by molar-refractivity contribution is 5.14. The Kier molecular flexibility index (Phi) is 8.54. The second-order valence-corrected chi connectivity index (χ2v) is 5.24. The largest absolute Gasteiger partial charge is 0.261 e. The van der Waals surface area contributed by atoms with Crippen molar-refractivity contribution >= 4 is 0 Å². The minimum atomic E-state index is 1.04. The molecule has 0 amide bonds. The maximum atomic E-state index is 4.45. The van der Waals surface area contributed by atoms with Gasteiger partial charge in [-0.05, 0) is 30.9 Å². The lowest BCUT2D eigenvalue weighted by Crippen LogP contribution is -1.91. The quantitative estimate of drug-likeness (QED) is 0.509. The number of hydrogen-bond acceptors (Lipinski definition) is 1. The third-order valence-corrected chi connectivity index (χ3v) is 3.57. The summed E-state index contributed by atoms with van der Waals surface area (Å²) in [6.45, 7) is 4.43. The second-order valence-electron chi connectivity index (χ2n) is 5.24. The van der Waals surface area contributed by atoms with Crippen LogP contribution < -0.4 is 0 Å². The highest BCUT2D eigenvalue weighted by Crippen LogP contribution is 2.11. The fourth-order valence-electron chi connectivity index (χ4n) is 2.28. The average Bonchev–Trinajstić information content (AvgIpc) is 2.42.